The fourth-order valence-electron chi connectivity index (χ4n) is 1.09. The molecule has 0 saturated heterocycles. The van der Waals surface area contributed by atoms with E-state index in [0.29, 0.717) is 24.0 Å². The molecule has 0 aliphatic heterocycles. The monoisotopic (exact) mass is 211 g/mol. The van der Waals surface area contributed by atoms with E-state index >= 15 is 0 Å². The summed E-state index contributed by atoms with van der Waals surface area (Å²) >= 11 is 0. The van der Waals surface area contributed by atoms with Crippen LogP contribution in [-0.4, -0.2) is 24.2 Å². The number of amides is 1. The molecular formula is C10H17N3O2. The summed E-state index contributed by atoms with van der Waals surface area (Å²) < 4.78 is 4.82. The zero-order valence-corrected chi connectivity index (χ0v) is 9.33. The van der Waals surface area contributed by atoms with Gasteiger partial charge in [0.15, 0.2) is 5.82 Å². The third-order valence-electron chi connectivity index (χ3n) is 1.73. The highest BCUT2D eigenvalue weighted by atomic mass is 16.5. The van der Waals surface area contributed by atoms with Crippen LogP contribution < -0.4 is 10.6 Å². The van der Waals surface area contributed by atoms with Crippen molar-refractivity contribution in [3.63, 3.8) is 0 Å². The van der Waals surface area contributed by atoms with Crippen LogP contribution in [0, 0.1) is 12.8 Å². The molecule has 84 valence electrons. The number of nitrogens with zero attached hydrogens (tertiary/aromatic N) is 1. The van der Waals surface area contributed by atoms with Gasteiger partial charge in [-0.3, -0.25) is 4.79 Å². The maximum Gasteiger partial charge on any atom is 0.239 e. The van der Waals surface area contributed by atoms with E-state index in [1.165, 1.54) is 0 Å². The summed E-state index contributed by atoms with van der Waals surface area (Å²) in [5.41, 5.74) is 0. The maximum absolute atomic E-state index is 11.3. The Morgan fingerprint density at radius 2 is 2.33 bits per heavy atom. The summed E-state index contributed by atoms with van der Waals surface area (Å²) in [6.45, 7) is 7.08. The summed E-state index contributed by atoms with van der Waals surface area (Å²) in [4.78, 5) is 11.3. The first kappa shape index (κ1) is 11.7. The Balaban J connectivity index is 2.24. The molecule has 0 aromatic carbocycles. The fraction of sp³-hybridized carbons (Fsp3) is 0.600. The van der Waals surface area contributed by atoms with Gasteiger partial charge >= 0.3 is 0 Å². The van der Waals surface area contributed by atoms with Crippen LogP contribution in [-0.2, 0) is 4.79 Å². The van der Waals surface area contributed by atoms with Gasteiger partial charge in [0, 0.05) is 6.07 Å². The molecule has 1 aromatic heterocycles. The second-order valence-electron chi connectivity index (χ2n) is 3.90. The lowest BCUT2D eigenvalue weighted by Gasteiger charge is -2.06. The van der Waals surface area contributed by atoms with Crippen molar-refractivity contribution in [1.82, 2.24) is 10.5 Å². The Hall–Kier alpha value is -1.36. The largest absolute Gasteiger partial charge is 0.360 e. The zero-order chi connectivity index (χ0) is 11.3. The van der Waals surface area contributed by atoms with E-state index in [4.69, 9.17) is 4.52 Å². The van der Waals surface area contributed by atoms with Crippen LogP contribution in [0.1, 0.15) is 19.6 Å². The molecule has 1 amide bonds. The van der Waals surface area contributed by atoms with Crippen molar-refractivity contribution < 1.29 is 9.32 Å². The average molecular weight is 211 g/mol. The highest BCUT2D eigenvalue weighted by Crippen LogP contribution is 2.06. The fourth-order valence-corrected chi connectivity index (χ4v) is 1.09. The van der Waals surface area contributed by atoms with E-state index in [9.17, 15) is 4.79 Å². The van der Waals surface area contributed by atoms with Gasteiger partial charge in [0.25, 0.3) is 0 Å². The first-order chi connectivity index (χ1) is 7.08. The first-order valence-corrected chi connectivity index (χ1v) is 5.02. The van der Waals surface area contributed by atoms with E-state index in [1.54, 1.807) is 13.0 Å². The number of hydrogen-bond acceptors (Lipinski definition) is 4. The second-order valence-corrected chi connectivity index (χ2v) is 3.90. The quantitative estimate of drug-likeness (QED) is 0.767. The summed E-state index contributed by atoms with van der Waals surface area (Å²) in [5.74, 6) is 1.57. The smallest absolute Gasteiger partial charge is 0.239 e. The molecule has 0 saturated carbocycles. The van der Waals surface area contributed by atoms with Crippen molar-refractivity contribution in [2.75, 3.05) is 18.4 Å². The predicted octanol–water partition coefficient (Wildman–Crippen LogP) is 1.17. The minimum atomic E-state index is -0.107. The van der Waals surface area contributed by atoms with Crippen LogP contribution >= 0.6 is 0 Å². The molecule has 5 nitrogen and oxygen atoms in total. The Kier molecular flexibility index (Phi) is 4.30. The molecule has 5 heteroatoms. The van der Waals surface area contributed by atoms with Gasteiger partial charge in [-0.25, -0.2) is 0 Å². The average Bonchev–Trinajstić information content (AvgIpc) is 2.50. The number of anilines is 1. The molecule has 0 radical (unpaired) electrons. The molecule has 0 atom stereocenters. The highest BCUT2D eigenvalue weighted by molar-refractivity contribution is 5.91. The van der Waals surface area contributed by atoms with Gasteiger partial charge in [0.2, 0.25) is 5.91 Å². The van der Waals surface area contributed by atoms with Gasteiger partial charge in [-0.05, 0) is 19.4 Å². The lowest BCUT2D eigenvalue weighted by molar-refractivity contribution is -0.115. The molecule has 15 heavy (non-hydrogen) atoms. The molecule has 1 rings (SSSR count). The number of carbonyl (C=O) groups is 1. The Labute approximate surface area is 89.2 Å². The highest BCUT2D eigenvalue weighted by Gasteiger charge is 2.05. The lowest BCUT2D eigenvalue weighted by Crippen LogP contribution is -2.30. The normalized spacial score (nSPS) is 10.7. The van der Waals surface area contributed by atoms with Gasteiger partial charge in [0.05, 0.1) is 6.54 Å². The van der Waals surface area contributed by atoms with Gasteiger partial charge in [-0.1, -0.05) is 19.0 Å². The second kappa shape index (κ2) is 5.50. The molecule has 0 aliphatic carbocycles. The molecule has 1 aromatic rings. The molecule has 1 heterocycles. The SMILES string of the molecule is Cc1cc(NC(=O)CNCC(C)C)no1. The van der Waals surface area contributed by atoms with Crippen molar-refractivity contribution in [1.29, 1.82) is 0 Å². The summed E-state index contributed by atoms with van der Waals surface area (Å²) in [6.07, 6.45) is 0. The lowest BCUT2D eigenvalue weighted by atomic mass is 10.2. The standard InChI is InChI=1S/C10H17N3O2/c1-7(2)5-11-6-10(14)12-9-4-8(3)15-13-9/h4,7,11H,5-6H2,1-3H3,(H,12,13,14). The first-order valence-electron chi connectivity index (χ1n) is 5.02. The maximum atomic E-state index is 11.3. The van der Waals surface area contributed by atoms with Gasteiger partial charge in [-0.15, -0.1) is 0 Å². The summed E-state index contributed by atoms with van der Waals surface area (Å²) in [5, 5.41) is 9.34. The Morgan fingerprint density at radius 3 is 2.87 bits per heavy atom. The Morgan fingerprint density at radius 1 is 1.60 bits per heavy atom. The van der Waals surface area contributed by atoms with Gasteiger partial charge in [-0.2, -0.15) is 0 Å². The van der Waals surface area contributed by atoms with E-state index in [0.717, 1.165) is 6.54 Å². The van der Waals surface area contributed by atoms with Crippen LogP contribution in [0.5, 0.6) is 0 Å². The van der Waals surface area contributed by atoms with E-state index < -0.39 is 0 Å². The predicted molar refractivity (Wildman–Crippen MR) is 57.6 cm³/mol. The van der Waals surface area contributed by atoms with E-state index in [-0.39, 0.29) is 5.91 Å². The number of hydrogen-bond donors (Lipinski definition) is 2. The molecule has 2 N–H and O–H groups in total. The van der Waals surface area contributed by atoms with Crippen molar-refractivity contribution in [2.45, 2.75) is 20.8 Å². The minimum Gasteiger partial charge on any atom is -0.360 e. The van der Waals surface area contributed by atoms with Crippen molar-refractivity contribution in [3.8, 4) is 0 Å². The number of aryl methyl sites for hydroxylation is 1. The molecule has 0 unspecified atom stereocenters. The summed E-state index contributed by atoms with van der Waals surface area (Å²) in [6, 6.07) is 1.68. The van der Waals surface area contributed by atoms with E-state index in [1.807, 2.05) is 0 Å². The van der Waals surface area contributed by atoms with Gasteiger partial charge in [0.1, 0.15) is 5.76 Å². The van der Waals surface area contributed by atoms with E-state index in [2.05, 4.69) is 29.6 Å². The van der Waals surface area contributed by atoms with Crippen LogP contribution in [0.15, 0.2) is 10.6 Å². The number of aromatic nitrogens is 1. The summed E-state index contributed by atoms with van der Waals surface area (Å²) in [7, 11) is 0. The topological polar surface area (TPSA) is 67.2 Å². The van der Waals surface area contributed by atoms with Crippen LogP contribution in [0.25, 0.3) is 0 Å². The van der Waals surface area contributed by atoms with Crippen LogP contribution in [0.4, 0.5) is 5.82 Å². The van der Waals surface area contributed by atoms with Gasteiger partial charge < -0.3 is 15.2 Å². The van der Waals surface area contributed by atoms with Crippen LogP contribution in [0.2, 0.25) is 0 Å². The van der Waals surface area contributed by atoms with Crippen molar-refractivity contribution in [2.24, 2.45) is 5.92 Å². The number of rotatable bonds is 5. The third kappa shape index (κ3) is 4.60. The van der Waals surface area contributed by atoms with Crippen molar-refractivity contribution >= 4 is 11.7 Å². The minimum absolute atomic E-state index is 0.107. The molecule has 0 spiro atoms. The molecule has 0 bridgehead atoms. The van der Waals surface area contributed by atoms with Crippen molar-refractivity contribution in [3.05, 3.63) is 11.8 Å². The number of nitrogens with one attached hydrogen (secondary N) is 2. The molecular weight excluding hydrogens is 194 g/mol. The van der Waals surface area contributed by atoms with Crippen LogP contribution in [0.3, 0.4) is 0 Å². The zero-order valence-electron chi connectivity index (χ0n) is 9.33. The number of carbonyl (C=O) groups excluding carboxylic acids is 1. The molecule has 0 aliphatic rings. The third-order valence-corrected chi connectivity index (χ3v) is 1.73. The Bertz CT molecular complexity index is 320. The molecule has 0 fully saturated rings.